The van der Waals surface area contributed by atoms with Gasteiger partial charge in [-0.25, -0.2) is 0 Å². The van der Waals surface area contributed by atoms with E-state index in [1.807, 2.05) is 13.0 Å². The molecule has 0 N–H and O–H groups in total. The van der Waals surface area contributed by atoms with E-state index >= 15 is 0 Å². The fraction of sp³-hybridized carbons (Fsp3) is 0.333. The van der Waals surface area contributed by atoms with E-state index in [0.717, 1.165) is 11.3 Å². The van der Waals surface area contributed by atoms with Crippen molar-refractivity contribution in [1.29, 1.82) is 5.26 Å². The quantitative estimate of drug-likeness (QED) is 0.731. The molecule has 0 aliphatic heterocycles. The maximum Gasteiger partial charge on any atom is 0.304 e. The van der Waals surface area contributed by atoms with Gasteiger partial charge in [-0.2, -0.15) is 5.26 Å². The van der Waals surface area contributed by atoms with Crippen molar-refractivity contribution in [2.75, 3.05) is 7.11 Å². The summed E-state index contributed by atoms with van der Waals surface area (Å²) in [6.07, 6.45) is -0.859. The van der Waals surface area contributed by atoms with Crippen LogP contribution in [0, 0.1) is 18.3 Å². The largest absolute Gasteiger partial charge is 0.496 e. The SMILES string of the molecule is COc1ccc(C(C#N)OC(C)=O)cc1C. The minimum absolute atomic E-state index is 0.472. The number of nitrogens with zero attached hydrogens (tertiary/aromatic N) is 1. The fourth-order valence-electron chi connectivity index (χ4n) is 1.40. The number of esters is 1. The molecule has 0 spiro atoms. The van der Waals surface area contributed by atoms with E-state index in [1.54, 1.807) is 25.3 Å². The van der Waals surface area contributed by atoms with Crippen molar-refractivity contribution >= 4 is 5.97 Å². The van der Waals surface area contributed by atoms with Crippen LogP contribution in [0.4, 0.5) is 0 Å². The zero-order valence-electron chi connectivity index (χ0n) is 9.48. The Kier molecular flexibility index (Phi) is 3.90. The molecule has 0 aliphatic rings. The Hall–Kier alpha value is -2.02. The van der Waals surface area contributed by atoms with E-state index in [1.165, 1.54) is 6.92 Å². The minimum Gasteiger partial charge on any atom is -0.496 e. The standard InChI is InChI=1S/C12H13NO3/c1-8-6-10(4-5-11(8)15-3)12(7-13)16-9(2)14/h4-6,12H,1-3H3. The molecule has 0 amide bonds. The zero-order valence-corrected chi connectivity index (χ0v) is 9.48. The molecule has 4 heteroatoms. The van der Waals surface area contributed by atoms with Gasteiger partial charge in [-0.05, 0) is 24.6 Å². The Labute approximate surface area is 94.4 Å². The lowest BCUT2D eigenvalue weighted by Gasteiger charge is -2.11. The molecule has 0 fully saturated rings. The van der Waals surface area contributed by atoms with E-state index in [-0.39, 0.29) is 0 Å². The van der Waals surface area contributed by atoms with Gasteiger partial charge in [0, 0.05) is 12.5 Å². The second kappa shape index (κ2) is 5.17. The number of nitriles is 1. The highest BCUT2D eigenvalue weighted by Gasteiger charge is 2.14. The van der Waals surface area contributed by atoms with Crippen LogP contribution >= 0.6 is 0 Å². The van der Waals surface area contributed by atoms with Gasteiger partial charge in [0.05, 0.1) is 7.11 Å². The highest BCUT2D eigenvalue weighted by molar-refractivity contribution is 5.66. The van der Waals surface area contributed by atoms with E-state index in [4.69, 9.17) is 14.7 Å². The summed E-state index contributed by atoms with van der Waals surface area (Å²) in [6.45, 7) is 3.14. The third-order valence-corrected chi connectivity index (χ3v) is 2.12. The van der Waals surface area contributed by atoms with Crippen molar-refractivity contribution in [3.05, 3.63) is 29.3 Å². The van der Waals surface area contributed by atoms with Gasteiger partial charge in [0.1, 0.15) is 11.8 Å². The van der Waals surface area contributed by atoms with E-state index in [0.29, 0.717) is 5.56 Å². The van der Waals surface area contributed by atoms with Crippen LogP contribution in [0.3, 0.4) is 0 Å². The summed E-state index contributed by atoms with van der Waals surface area (Å²) in [6, 6.07) is 7.16. The number of carbonyl (C=O) groups excluding carboxylic acids is 1. The number of aryl methyl sites for hydroxylation is 1. The van der Waals surface area contributed by atoms with Gasteiger partial charge in [-0.15, -0.1) is 0 Å². The van der Waals surface area contributed by atoms with Crippen LogP contribution in [0.1, 0.15) is 24.2 Å². The molecule has 0 bridgehead atoms. The van der Waals surface area contributed by atoms with Gasteiger partial charge in [0.2, 0.25) is 6.10 Å². The van der Waals surface area contributed by atoms with Crippen LogP contribution in [0.2, 0.25) is 0 Å². The van der Waals surface area contributed by atoms with Crippen LogP contribution in [0.15, 0.2) is 18.2 Å². The average Bonchev–Trinajstić information content (AvgIpc) is 2.25. The number of hydrogen-bond donors (Lipinski definition) is 0. The molecule has 1 aromatic rings. The minimum atomic E-state index is -0.859. The van der Waals surface area contributed by atoms with E-state index < -0.39 is 12.1 Å². The molecule has 1 atom stereocenters. The van der Waals surface area contributed by atoms with Crippen molar-refractivity contribution in [1.82, 2.24) is 0 Å². The molecule has 0 radical (unpaired) electrons. The van der Waals surface area contributed by atoms with Crippen LogP contribution in [-0.4, -0.2) is 13.1 Å². The van der Waals surface area contributed by atoms with Gasteiger partial charge in [0.25, 0.3) is 0 Å². The molecule has 1 unspecified atom stereocenters. The first-order valence-corrected chi connectivity index (χ1v) is 4.80. The second-order valence-electron chi connectivity index (χ2n) is 3.35. The van der Waals surface area contributed by atoms with Gasteiger partial charge < -0.3 is 9.47 Å². The number of ether oxygens (including phenoxy) is 2. The average molecular weight is 219 g/mol. The molecular weight excluding hydrogens is 206 g/mol. The highest BCUT2D eigenvalue weighted by Crippen LogP contribution is 2.24. The molecule has 4 nitrogen and oxygen atoms in total. The second-order valence-corrected chi connectivity index (χ2v) is 3.35. The Morgan fingerprint density at radius 1 is 1.50 bits per heavy atom. The van der Waals surface area contributed by atoms with Gasteiger partial charge in [-0.3, -0.25) is 4.79 Å². The lowest BCUT2D eigenvalue weighted by atomic mass is 10.1. The van der Waals surface area contributed by atoms with Crippen LogP contribution in [-0.2, 0) is 9.53 Å². The highest BCUT2D eigenvalue weighted by atomic mass is 16.5. The lowest BCUT2D eigenvalue weighted by Crippen LogP contribution is -2.06. The first kappa shape index (κ1) is 12.1. The summed E-state index contributed by atoms with van der Waals surface area (Å²) in [5.41, 5.74) is 1.54. The Morgan fingerprint density at radius 2 is 2.19 bits per heavy atom. The Bertz CT molecular complexity index is 434. The first-order valence-electron chi connectivity index (χ1n) is 4.80. The van der Waals surface area contributed by atoms with E-state index in [2.05, 4.69) is 0 Å². The maximum absolute atomic E-state index is 10.8. The summed E-state index contributed by atoms with van der Waals surface area (Å²) in [7, 11) is 1.58. The van der Waals surface area contributed by atoms with Crippen molar-refractivity contribution < 1.29 is 14.3 Å². The molecule has 0 heterocycles. The number of hydrogen-bond acceptors (Lipinski definition) is 4. The monoisotopic (exact) mass is 219 g/mol. The van der Waals surface area contributed by atoms with Crippen molar-refractivity contribution in [3.8, 4) is 11.8 Å². The van der Waals surface area contributed by atoms with Crippen LogP contribution < -0.4 is 4.74 Å². The number of methoxy groups -OCH3 is 1. The number of rotatable bonds is 3. The van der Waals surface area contributed by atoms with Gasteiger partial charge in [0.15, 0.2) is 0 Å². The molecule has 1 aromatic carbocycles. The normalized spacial score (nSPS) is 11.4. The lowest BCUT2D eigenvalue weighted by molar-refractivity contribution is -0.144. The number of carbonyl (C=O) groups is 1. The third-order valence-electron chi connectivity index (χ3n) is 2.12. The molecule has 84 valence electrons. The molecular formula is C12H13NO3. The summed E-state index contributed by atoms with van der Waals surface area (Å²) < 4.78 is 9.98. The molecule has 0 saturated carbocycles. The first-order chi connectivity index (χ1) is 7.58. The van der Waals surface area contributed by atoms with E-state index in [9.17, 15) is 4.79 Å². The summed E-state index contributed by atoms with van der Waals surface area (Å²) in [5, 5.41) is 8.89. The molecule has 0 aromatic heterocycles. The Balaban J connectivity index is 2.99. The third kappa shape index (κ3) is 2.74. The predicted molar refractivity (Wildman–Crippen MR) is 57.9 cm³/mol. The molecule has 16 heavy (non-hydrogen) atoms. The molecule has 1 rings (SSSR count). The summed E-state index contributed by atoms with van der Waals surface area (Å²) in [4.78, 5) is 10.8. The summed E-state index contributed by atoms with van der Waals surface area (Å²) in [5.74, 6) is 0.267. The van der Waals surface area contributed by atoms with Crippen LogP contribution in [0.5, 0.6) is 5.75 Å². The maximum atomic E-state index is 10.8. The van der Waals surface area contributed by atoms with Gasteiger partial charge >= 0.3 is 5.97 Å². The van der Waals surface area contributed by atoms with Crippen LogP contribution in [0.25, 0.3) is 0 Å². The van der Waals surface area contributed by atoms with Crippen molar-refractivity contribution in [2.24, 2.45) is 0 Å². The molecule has 0 aliphatic carbocycles. The Morgan fingerprint density at radius 3 is 2.62 bits per heavy atom. The zero-order chi connectivity index (χ0) is 12.1. The van der Waals surface area contributed by atoms with Gasteiger partial charge in [-0.1, -0.05) is 6.07 Å². The topological polar surface area (TPSA) is 59.3 Å². The molecule has 0 saturated heterocycles. The fourth-order valence-corrected chi connectivity index (χ4v) is 1.40. The van der Waals surface area contributed by atoms with Crippen molar-refractivity contribution in [3.63, 3.8) is 0 Å². The number of benzene rings is 1. The smallest absolute Gasteiger partial charge is 0.304 e. The predicted octanol–water partition coefficient (Wildman–Crippen LogP) is 2.13. The summed E-state index contributed by atoms with van der Waals surface area (Å²) >= 11 is 0. The van der Waals surface area contributed by atoms with Crippen molar-refractivity contribution in [2.45, 2.75) is 20.0 Å².